The van der Waals surface area contributed by atoms with Crippen molar-refractivity contribution in [1.82, 2.24) is 9.55 Å². The lowest BCUT2D eigenvalue weighted by Crippen LogP contribution is -2.14. The highest BCUT2D eigenvalue weighted by Gasteiger charge is 2.16. The Morgan fingerprint density at radius 1 is 1.18 bits per heavy atom. The molecule has 22 heavy (non-hydrogen) atoms. The molecule has 112 valence electrons. The van der Waals surface area contributed by atoms with E-state index >= 15 is 0 Å². The topological polar surface area (TPSA) is 70.1 Å². The van der Waals surface area contributed by atoms with E-state index < -0.39 is 0 Å². The first-order chi connectivity index (χ1) is 10.7. The van der Waals surface area contributed by atoms with Crippen LogP contribution in [0.3, 0.4) is 0 Å². The van der Waals surface area contributed by atoms with E-state index in [0.717, 1.165) is 11.1 Å². The normalized spacial score (nSPS) is 10.8. The molecule has 5 nitrogen and oxygen atoms in total. The van der Waals surface area contributed by atoms with Crippen molar-refractivity contribution in [3.8, 4) is 11.4 Å². The van der Waals surface area contributed by atoms with Crippen LogP contribution in [0.1, 0.15) is 6.92 Å². The van der Waals surface area contributed by atoms with Crippen LogP contribution >= 0.6 is 0 Å². The van der Waals surface area contributed by atoms with Crippen LogP contribution in [0, 0.1) is 0 Å². The van der Waals surface area contributed by atoms with Gasteiger partial charge in [-0.2, -0.15) is 0 Å². The molecule has 0 unspecified atom stereocenters. The fourth-order valence-electron chi connectivity index (χ4n) is 2.47. The summed E-state index contributed by atoms with van der Waals surface area (Å²) in [5.41, 5.74) is 9.07. The van der Waals surface area contributed by atoms with Crippen LogP contribution in [0.2, 0.25) is 0 Å². The summed E-state index contributed by atoms with van der Waals surface area (Å²) in [4.78, 5) is 16.5. The Hall–Kier alpha value is -2.82. The third kappa shape index (κ3) is 2.53. The van der Waals surface area contributed by atoms with Crippen LogP contribution in [0.25, 0.3) is 22.4 Å². The van der Waals surface area contributed by atoms with Gasteiger partial charge in [0.2, 0.25) is 0 Å². The Labute approximate surface area is 128 Å². The molecular formula is C17H17N3O2. The van der Waals surface area contributed by atoms with Crippen LogP contribution in [0.15, 0.2) is 48.5 Å². The quantitative estimate of drug-likeness (QED) is 0.593. The molecule has 5 heteroatoms. The van der Waals surface area contributed by atoms with Crippen molar-refractivity contribution in [1.29, 1.82) is 0 Å². The summed E-state index contributed by atoms with van der Waals surface area (Å²) in [6.45, 7) is 2.26. The zero-order valence-corrected chi connectivity index (χ0v) is 12.3. The van der Waals surface area contributed by atoms with Crippen LogP contribution in [0.5, 0.6) is 0 Å². The maximum absolute atomic E-state index is 11.9. The van der Waals surface area contributed by atoms with Crippen molar-refractivity contribution < 1.29 is 9.53 Å². The molecule has 0 aliphatic carbocycles. The summed E-state index contributed by atoms with van der Waals surface area (Å²) in [5, 5.41) is 0. The van der Waals surface area contributed by atoms with Crippen molar-refractivity contribution in [3.05, 3.63) is 48.5 Å². The first kappa shape index (κ1) is 14.1. The lowest BCUT2D eigenvalue weighted by atomic mass is 10.2. The fourth-order valence-corrected chi connectivity index (χ4v) is 2.47. The number of fused-ring (bicyclic) bond motifs is 1. The summed E-state index contributed by atoms with van der Waals surface area (Å²) in [6.07, 6.45) is 0. The van der Waals surface area contributed by atoms with E-state index in [2.05, 4.69) is 4.98 Å². The number of nitrogen functional groups attached to an aromatic ring is 1. The lowest BCUT2D eigenvalue weighted by molar-refractivity contribution is -0.143. The molecule has 0 aliphatic heterocycles. The zero-order valence-electron chi connectivity index (χ0n) is 12.3. The largest absolute Gasteiger partial charge is 0.465 e. The van der Waals surface area contributed by atoms with Crippen molar-refractivity contribution in [2.24, 2.45) is 0 Å². The fraction of sp³-hybridized carbons (Fsp3) is 0.176. The number of imidazole rings is 1. The van der Waals surface area contributed by atoms with Crippen molar-refractivity contribution in [3.63, 3.8) is 0 Å². The molecule has 0 spiro atoms. The average Bonchev–Trinajstić information content (AvgIpc) is 2.89. The highest BCUT2D eigenvalue weighted by molar-refractivity contribution is 5.91. The Balaban J connectivity index is 2.17. The predicted molar refractivity (Wildman–Crippen MR) is 86.2 cm³/mol. The number of nitrogens with two attached hydrogens (primary N) is 1. The first-order valence-corrected chi connectivity index (χ1v) is 7.16. The van der Waals surface area contributed by atoms with Crippen molar-refractivity contribution in [2.45, 2.75) is 13.5 Å². The second-order valence-corrected chi connectivity index (χ2v) is 4.91. The van der Waals surface area contributed by atoms with Crippen molar-refractivity contribution >= 4 is 22.7 Å². The van der Waals surface area contributed by atoms with E-state index in [1.807, 2.05) is 47.0 Å². The van der Waals surface area contributed by atoms with Gasteiger partial charge in [0.15, 0.2) is 0 Å². The van der Waals surface area contributed by atoms with Gasteiger partial charge in [0.1, 0.15) is 17.9 Å². The van der Waals surface area contributed by atoms with Gasteiger partial charge in [-0.1, -0.05) is 36.4 Å². The summed E-state index contributed by atoms with van der Waals surface area (Å²) in [6, 6.07) is 15.3. The minimum absolute atomic E-state index is 0.109. The van der Waals surface area contributed by atoms with Gasteiger partial charge in [-0.15, -0.1) is 0 Å². The molecule has 0 amide bonds. The summed E-state index contributed by atoms with van der Waals surface area (Å²) in [5.74, 6) is 0.419. The van der Waals surface area contributed by atoms with E-state index in [1.54, 1.807) is 13.0 Å². The van der Waals surface area contributed by atoms with Gasteiger partial charge in [0.05, 0.1) is 17.8 Å². The standard InChI is InChI=1S/C17H17N3O2/c1-2-22-15(21)11-20-14-10-6-9-13(18)16(14)19-17(20)12-7-4-3-5-8-12/h3-10H,2,11,18H2,1H3. The maximum Gasteiger partial charge on any atom is 0.326 e. The van der Waals surface area contributed by atoms with Crippen molar-refractivity contribution in [2.75, 3.05) is 12.3 Å². The van der Waals surface area contributed by atoms with Gasteiger partial charge in [-0.25, -0.2) is 4.98 Å². The monoisotopic (exact) mass is 295 g/mol. The van der Waals surface area contributed by atoms with Gasteiger partial charge in [-0.05, 0) is 19.1 Å². The van der Waals surface area contributed by atoms with Crippen LogP contribution in [-0.2, 0) is 16.1 Å². The molecule has 2 aromatic carbocycles. The molecule has 0 aliphatic rings. The SMILES string of the molecule is CCOC(=O)Cn1c(-c2ccccc2)nc2c(N)cccc21. The number of hydrogen-bond acceptors (Lipinski definition) is 4. The second kappa shape index (κ2) is 5.89. The molecule has 3 aromatic rings. The van der Waals surface area contributed by atoms with Crippen LogP contribution in [-0.4, -0.2) is 22.1 Å². The Bertz CT molecular complexity index is 809. The number of nitrogens with zero attached hydrogens (tertiary/aromatic N) is 2. The summed E-state index contributed by atoms with van der Waals surface area (Å²) >= 11 is 0. The molecule has 1 heterocycles. The number of esters is 1. The molecule has 0 fully saturated rings. The molecule has 0 bridgehead atoms. The van der Waals surface area contributed by atoms with E-state index in [9.17, 15) is 4.79 Å². The molecule has 0 saturated carbocycles. The minimum atomic E-state index is -0.290. The van der Waals surface area contributed by atoms with Crippen LogP contribution < -0.4 is 5.73 Å². The Kier molecular flexibility index (Phi) is 3.78. The van der Waals surface area contributed by atoms with Gasteiger partial charge < -0.3 is 15.0 Å². The van der Waals surface area contributed by atoms with E-state index in [1.165, 1.54) is 0 Å². The number of ether oxygens (including phenoxy) is 1. The van der Waals surface area contributed by atoms with Gasteiger partial charge in [-0.3, -0.25) is 4.79 Å². The number of carbonyl (C=O) groups is 1. The highest BCUT2D eigenvalue weighted by Crippen LogP contribution is 2.27. The second-order valence-electron chi connectivity index (χ2n) is 4.91. The van der Waals surface area contributed by atoms with Gasteiger partial charge in [0, 0.05) is 5.56 Å². The first-order valence-electron chi connectivity index (χ1n) is 7.16. The van der Waals surface area contributed by atoms with E-state index in [-0.39, 0.29) is 12.5 Å². The summed E-state index contributed by atoms with van der Waals surface area (Å²) in [7, 11) is 0. The molecule has 3 rings (SSSR count). The number of benzene rings is 2. The number of aromatic nitrogens is 2. The minimum Gasteiger partial charge on any atom is -0.465 e. The molecular weight excluding hydrogens is 278 g/mol. The zero-order chi connectivity index (χ0) is 15.5. The van der Waals surface area contributed by atoms with Gasteiger partial charge >= 0.3 is 5.97 Å². The molecule has 0 atom stereocenters. The number of para-hydroxylation sites is 1. The number of hydrogen-bond donors (Lipinski definition) is 1. The maximum atomic E-state index is 11.9. The number of carbonyl (C=O) groups excluding carboxylic acids is 1. The Morgan fingerprint density at radius 3 is 2.68 bits per heavy atom. The van der Waals surface area contributed by atoms with E-state index in [4.69, 9.17) is 10.5 Å². The molecule has 2 N–H and O–H groups in total. The lowest BCUT2D eigenvalue weighted by Gasteiger charge is -2.08. The summed E-state index contributed by atoms with van der Waals surface area (Å²) < 4.78 is 6.91. The van der Waals surface area contributed by atoms with E-state index in [0.29, 0.717) is 23.6 Å². The van der Waals surface area contributed by atoms with Gasteiger partial charge in [0.25, 0.3) is 0 Å². The predicted octanol–water partition coefficient (Wildman–Crippen LogP) is 2.85. The Morgan fingerprint density at radius 2 is 1.95 bits per heavy atom. The molecule has 0 saturated heterocycles. The molecule has 1 aromatic heterocycles. The van der Waals surface area contributed by atoms with Crippen LogP contribution in [0.4, 0.5) is 5.69 Å². The molecule has 0 radical (unpaired) electrons. The highest BCUT2D eigenvalue weighted by atomic mass is 16.5. The third-order valence-corrected chi connectivity index (χ3v) is 3.43. The third-order valence-electron chi connectivity index (χ3n) is 3.43. The number of anilines is 1. The average molecular weight is 295 g/mol. The smallest absolute Gasteiger partial charge is 0.326 e. The number of rotatable bonds is 4.